The molecular formula is C15H15Br. The van der Waals surface area contributed by atoms with E-state index in [1.807, 2.05) is 0 Å². The van der Waals surface area contributed by atoms with Gasteiger partial charge in [-0.25, -0.2) is 0 Å². The van der Waals surface area contributed by atoms with Gasteiger partial charge in [0.1, 0.15) is 0 Å². The van der Waals surface area contributed by atoms with Gasteiger partial charge in [-0.2, -0.15) is 0 Å². The molecule has 0 radical (unpaired) electrons. The zero-order chi connectivity index (χ0) is 11.1. The molecule has 0 bridgehead atoms. The summed E-state index contributed by atoms with van der Waals surface area (Å²) >= 11 is 3.81. The van der Waals surface area contributed by atoms with Gasteiger partial charge >= 0.3 is 0 Å². The molecule has 2 aromatic rings. The third-order valence-corrected chi connectivity index (χ3v) is 4.57. The van der Waals surface area contributed by atoms with Crippen molar-refractivity contribution in [2.45, 2.75) is 31.0 Å². The van der Waals surface area contributed by atoms with Crippen LogP contribution in [0.1, 0.15) is 34.4 Å². The maximum Gasteiger partial charge on any atom is 0.0398 e. The van der Waals surface area contributed by atoms with Crippen LogP contribution in [0.5, 0.6) is 0 Å². The summed E-state index contributed by atoms with van der Waals surface area (Å²) in [4.78, 5) is 0.555. The molecule has 0 heterocycles. The van der Waals surface area contributed by atoms with Crippen LogP contribution in [0.15, 0.2) is 30.3 Å². The van der Waals surface area contributed by atoms with Gasteiger partial charge in [-0.3, -0.25) is 0 Å². The highest BCUT2D eigenvalue weighted by Crippen LogP contribution is 2.40. The second-order valence-corrected chi connectivity index (χ2v) is 5.77. The first-order valence-corrected chi connectivity index (χ1v) is 6.84. The largest absolute Gasteiger partial charge is 0.0839 e. The number of benzene rings is 2. The van der Waals surface area contributed by atoms with Crippen molar-refractivity contribution in [2.24, 2.45) is 0 Å². The first-order valence-electron chi connectivity index (χ1n) is 5.92. The Hall–Kier alpha value is -0.820. The highest BCUT2D eigenvalue weighted by Gasteiger charge is 2.20. The van der Waals surface area contributed by atoms with Crippen molar-refractivity contribution >= 4 is 26.7 Å². The van der Waals surface area contributed by atoms with Crippen LogP contribution in [-0.2, 0) is 6.42 Å². The van der Waals surface area contributed by atoms with Gasteiger partial charge < -0.3 is 0 Å². The van der Waals surface area contributed by atoms with Gasteiger partial charge in [-0.05, 0) is 53.6 Å². The van der Waals surface area contributed by atoms with E-state index in [1.165, 1.54) is 41.2 Å². The second-order valence-electron chi connectivity index (χ2n) is 4.67. The Kier molecular flexibility index (Phi) is 2.51. The van der Waals surface area contributed by atoms with Crippen molar-refractivity contribution < 1.29 is 0 Å². The number of hydrogen-bond acceptors (Lipinski definition) is 0. The molecule has 16 heavy (non-hydrogen) atoms. The molecule has 1 atom stereocenters. The van der Waals surface area contributed by atoms with E-state index in [9.17, 15) is 0 Å². The molecule has 0 fully saturated rings. The van der Waals surface area contributed by atoms with Crippen molar-refractivity contribution in [3.63, 3.8) is 0 Å². The molecular weight excluding hydrogens is 260 g/mol. The number of hydrogen-bond donors (Lipinski definition) is 0. The van der Waals surface area contributed by atoms with Crippen molar-refractivity contribution in [2.75, 3.05) is 0 Å². The number of rotatable bonds is 0. The highest BCUT2D eigenvalue weighted by atomic mass is 79.9. The maximum absolute atomic E-state index is 3.81. The standard InChI is InChI=1S/C15H15Br/c1-10-9-14-13(7-4-8-15(14)16)12-6-3-2-5-11(10)12/h2-3,5-6,9,15H,4,7-8H2,1H3. The van der Waals surface area contributed by atoms with Gasteiger partial charge in [0, 0.05) is 4.83 Å². The Morgan fingerprint density at radius 1 is 1.19 bits per heavy atom. The van der Waals surface area contributed by atoms with E-state index in [0.29, 0.717) is 4.83 Å². The fourth-order valence-electron chi connectivity index (χ4n) is 2.82. The van der Waals surface area contributed by atoms with Gasteiger partial charge in [0.05, 0.1) is 0 Å². The van der Waals surface area contributed by atoms with Gasteiger partial charge in [-0.15, -0.1) is 0 Å². The lowest BCUT2D eigenvalue weighted by molar-refractivity contribution is 0.685. The van der Waals surface area contributed by atoms with Crippen LogP contribution in [-0.4, -0.2) is 0 Å². The topological polar surface area (TPSA) is 0 Å². The van der Waals surface area contributed by atoms with Crippen LogP contribution in [0, 0.1) is 6.92 Å². The minimum atomic E-state index is 0.555. The predicted octanol–water partition coefficient (Wildman–Crippen LogP) is 4.92. The highest BCUT2D eigenvalue weighted by molar-refractivity contribution is 9.09. The second kappa shape index (κ2) is 3.89. The molecule has 82 valence electrons. The third-order valence-electron chi connectivity index (χ3n) is 3.62. The van der Waals surface area contributed by atoms with E-state index in [1.54, 1.807) is 5.56 Å². The minimum absolute atomic E-state index is 0.555. The summed E-state index contributed by atoms with van der Waals surface area (Å²) < 4.78 is 0. The number of alkyl halides is 1. The molecule has 1 aliphatic rings. The molecule has 0 aromatic heterocycles. The molecule has 0 saturated heterocycles. The van der Waals surface area contributed by atoms with Crippen LogP contribution >= 0.6 is 15.9 Å². The first-order chi connectivity index (χ1) is 7.77. The minimum Gasteiger partial charge on any atom is -0.0839 e. The summed E-state index contributed by atoms with van der Waals surface area (Å²) in [6.45, 7) is 2.22. The molecule has 0 saturated carbocycles. The zero-order valence-electron chi connectivity index (χ0n) is 9.46. The molecule has 0 aliphatic heterocycles. The Labute approximate surface area is 105 Å². The Balaban J connectivity index is 2.38. The Bertz CT molecular complexity index is 542. The number of halogens is 1. The van der Waals surface area contributed by atoms with Crippen LogP contribution < -0.4 is 0 Å². The van der Waals surface area contributed by atoms with Gasteiger partial charge in [0.2, 0.25) is 0 Å². The molecule has 0 N–H and O–H groups in total. The van der Waals surface area contributed by atoms with E-state index >= 15 is 0 Å². The predicted molar refractivity (Wildman–Crippen MR) is 73.3 cm³/mol. The molecule has 0 amide bonds. The zero-order valence-corrected chi connectivity index (χ0v) is 11.0. The average Bonchev–Trinajstić information content (AvgIpc) is 2.31. The Morgan fingerprint density at radius 3 is 2.75 bits per heavy atom. The normalized spacial score (nSPS) is 19.8. The van der Waals surface area contributed by atoms with E-state index in [-0.39, 0.29) is 0 Å². The summed E-state index contributed by atoms with van der Waals surface area (Å²) in [5.74, 6) is 0. The summed E-state index contributed by atoms with van der Waals surface area (Å²) in [7, 11) is 0. The van der Waals surface area contributed by atoms with Crippen LogP contribution in [0.4, 0.5) is 0 Å². The van der Waals surface area contributed by atoms with E-state index < -0.39 is 0 Å². The summed E-state index contributed by atoms with van der Waals surface area (Å²) in [5, 5.41) is 2.88. The Morgan fingerprint density at radius 2 is 1.94 bits per heavy atom. The van der Waals surface area contributed by atoms with Crippen molar-refractivity contribution in [3.8, 4) is 0 Å². The van der Waals surface area contributed by atoms with Crippen LogP contribution in [0.25, 0.3) is 10.8 Å². The molecule has 1 unspecified atom stereocenters. The molecule has 0 spiro atoms. The molecule has 3 rings (SSSR count). The average molecular weight is 275 g/mol. The van der Waals surface area contributed by atoms with E-state index in [4.69, 9.17) is 0 Å². The molecule has 1 heteroatoms. The van der Waals surface area contributed by atoms with E-state index in [0.717, 1.165) is 0 Å². The number of aryl methyl sites for hydroxylation is 2. The lowest BCUT2D eigenvalue weighted by atomic mass is 9.86. The quantitative estimate of drug-likeness (QED) is 0.598. The lowest BCUT2D eigenvalue weighted by Crippen LogP contribution is -2.06. The number of fused-ring (bicyclic) bond motifs is 3. The van der Waals surface area contributed by atoms with Gasteiger partial charge in [0.25, 0.3) is 0 Å². The monoisotopic (exact) mass is 274 g/mol. The molecule has 0 nitrogen and oxygen atoms in total. The fraction of sp³-hybridized carbons (Fsp3) is 0.333. The van der Waals surface area contributed by atoms with Crippen LogP contribution in [0.3, 0.4) is 0 Å². The maximum atomic E-state index is 3.81. The summed E-state index contributed by atoms with van der Waals surface area (Å²) in [6, 6.07) is 11.2. The van der Waals surface area contributed by atoms with Crippen molar-refractivity contribution in [1.82, 2.24) is 0 Å². The van der Waals surface area contributed by atoms with Crippen LogP contribution in [0.2, 0.25) is 0 Å². The summed E-state index contributed by atoms with van der Waals surface area (Å²) in [6.07, 6.45) is 3.80. The smallest absolute Gasteiger partial charge is 0.0398 e. The van der Waals surface area contributed by atoms with Gasteiger partial charge in [0.15, 0.2) is 0 Å². The third kappa shape index (κ3) is 1.49. The fourth-order valence-corrected chi connectivity index (χ4v) is 3.55. The summed E-state index contributed by atoms with van der Waals surface area (Å²) in [5.41, 5.74) is 4.48. The van der Waals surface area contributed by atoms with Crippen molar-refractivity contribution in [3.05, 3.63) is 47.0 Å². The molecule has 1 aliphatic carbocycles. The van der Waals surface area contributed by atoms with Gasteiger partial charge in [-0.1, -0.05) is 46.3 Å². The SMILES string of the molecule is Cc1cc2c(c3ccccc13)CCCC2Br. The lowest BCUT2D eigenvalue weighted by Gasteiger charge is -2.23. The van der Waals surface area contributed by atoms with Crippen molar-refractivity contribution in [1.29, 1.82) is 0 Å². The first kappa shape index (κ1) is 10.3. The van der Waals surface area contributed by atoms with E-state index in [2.05, 4.69) is 53.2 Å². The molecule has 2 aromatic carbocycles.